The van der Waals surface area contributed by atoms with E-state index < -0.39 is 5.82 Å². The molecular weight excluding hydrogens is 393 g/mol. The molecule has 2 rings (SSSR count). The maximum Gasteiger partial charge on any atom is 0.224 e. The summed E-state index contributed by atoms with van der Waals surface area (Å²) in [6.45, 7) is 0. The number of rotatable bonds is 7. The van der Waals surface area contributed by atoms with Crippen molar-refractivity contribution in [1.82, 2.24) is 0 Å². The third kappa shape index (κ3) is 4.85. The number of carbonyl (C=O) groups excluding carboxylic acids is 1. The van der Waals surface area contributed by atoms with Gasteiger partial charge in [-0.2, -0.15) is 0 Å². The molecule has 2 aromatic carbocycles. The van der Waals surface area contributed by atoms with Crippen molar-refractivity contribution in [1.29, 1.82) is 0 Å². The van der Waals surface area contributed by atoms with Crippen molar-refractivity contribution in [3.05, 3.63) is 46.2 Å². The second-order valence-electron chi connectivity index (χ2n) is 5.21. The Morgan fingerprint density at radius 3 is 2.24 bits per heavy atom. The highest BCUT2D eigenvalue weighted by molar-refractivity contribution is 9.10. The van der Waals surface area contributed by atoms with E-state index in [-0.39, 0.29) is 18.0 Å². The molecule has 134 valence electrons. The summed E-state index contributed by atoms with van der Waals surface area (Å²) in [4.78, 5) is 12.1. The van der Waals surface area contributed by atoms with E-state index in [4.69, 9.17) is 14.2 Å². The molecule has 0 aliphatic heterocycles. The normalized spacial score (nSPS) is 10.3. The third-order valence-corrected chi connectivity index (χ3v) is 4.06. The lowest BCUT2D eigenvalue weighted by molar-refractivity contribution is -0.116. The van der Waals surface area contributed by atoms with Gasteiger partial charge in [0.25, 0.3) is 0 Å². The molecule has 0 atom stereocenters. The predicted octanol–water partition coefficient (Wildman–Crippen LogP) is 4.19. The average molecular weight is 412 g/mol. The minimum Gasteiger partial charge on any atom is -0.493 e. The van der Waals surface area contributed by atoms with Crippen LogP contribution < -0.4 is 19.5 Å². The monoisotopic (exact) mass is 411 g/mol. The van der Waals surface area contributed by atoms with Gasteiger partial charge in [0.15, 0.2) is 11.5 Å². The molecule has 0 saturated carbocycles. The highest BCUT2D eigenvalue weighted by atomic mass is 79.9. The first-order valence-corrected chi connectivity index (χ1v) is 8.31. The molecule has 2 aromatic rings. The number of nitrogens with one attached hydrogen (secondary N) is 1. The molecule has 0 bridgehead atoms. The molecule has 0 aliphatic carbocycles. The fourth-order valence-corrected chi connectivity index (χ4v) is 2.67. The van der Waals surface area contributed by atoms with Crippen LogP contribution in [-0.2, 0) is 11.2 Å². The van der Waals surface area contributed by atoms with Crippen LogP contribution in [0.15, 0.2) is 34.8 Å². The molecule has 0 radical (unpaired) electrons. The Balaban J connectivity index is 2.06. The number of ether oxygens (including phenoxy) is 3. The first-order valence-electron chi connectivity index (χ1n) is 7.52. The largest absolute Gasteiger partial charge is 0.493 e. The number of aryl methyl sites for hydroxylation is 1. The van der Waals surface area contributed by atoms with Crippen LogP contribution in [0, 0.1) is 5.82 Å². The van der Waals surface area contributed by atoms with E-state index in [1.54, 1.807) is 18.2 Å². The van der Waals surface area contributed by atoms with E-state index in [2.05, 4.69) is 21.2 Å². The lowest BCUT2D eigenvalue weighted by atomic mass is 10.1. The Hall–Kier alpha value is -2.28. The lowest BCUT2D eigenvalue weighted by Gasteiger charge is -2.14. The minimum atomic E-state index is -0.490. The van der Waals surface area contributed by atoms with Gasteiger partial charge in [0.2, 0.25) is 11.7 Å². The van der Waals surface area contributed by atoms with Crippen LogP contribution >= 0.6 is 15.9 Å². The van der Waals surface area contributed by atoms with Gasteiger partial charge in [0, 0.05) is 10.9 Å². The van der Waals surface area contributed by atoms with Crippen LogP contribution in [0.25, 0.3) is 0 Å². The van der Waals surface area contributed by atoms with E-state index >= 15 is 0 Å². The maximum atomic E-state index is 13.8. The number of carbonyl (C=O) groups is 1. The van der Waals surface area contributed by atoms with Crippen LogP contribution in [0.2, 0.25) is 0 Å². The Morgan fingerprint density at radius 1 is 1.08 bits per heavy atom. The number of amides is 1. The fraction of sp³-hybridized carbons (Fsp3) is 0.278. The van der Waals surface area contributed by atoms with Crippen LogP contribution in [0.4, 0.5) is 10.1 Å². The van der Waals surface area contributed by atoms with Gasteiger partial charge in [-0.25, -0.2) is 4.39 Å². The molecule has 7 heteroatoms. The topological polar surface area (TPSA) is 56.8 Å². The van der Waals surface area contributed by atoms with Gasteiger partial charge in [0.05, 0.1) is 27.0 Å². The molecule has 1 amide bonds. The number of hydrogen-bond donors (Lipinski definition) is 1. The van der Waals surface area contributed by atoms with Crippen LogP contribution in [0.5, 0.6) is 17.2 Å². The smallest absolute Gasteiger partial charge is 0.224 e. The predicted molar refractivity (Wildman–Crippen MR) is 97.1 cm³/mol. The molecule has 25 heavy (non-hydrogen) atoms. The van der Waals surface area contributed by atoms with Gasteiger partial charge in [-0.05, 0) is 42.3 Å². The van der Waals surface area contributed by atoms with Crippen LogP contribution in [0.3, 0.4) is 0 Å². The molecule has 0 saturated heterocycles. The van der Waals surface area contributed by atoms with Gasteiger partial charge in [-0.15, -0.1) is 0 Å². The van der Waals surface area contributed by atoms with Crippen molar-refractivity contribution in [3.63, 3.8) is 0 Å². The van der Waals surface area contributed by atoms with Crippen molar-refractivity contribution in [2.45, 2.75) is 12.8 Å². The Labute approximate surface area is 154 Å². The second kappa shape index (κ2) is 8.71. The standard InChI is InChI=1S/C18H19BrFNO4/c1-23-15-8-11(9-16(24-2)18(15)25-3)4-7-17(22)21-14-6-5-12(19)10-13(14)20/h5-6,8-10H,4,7H2,1-3H3,(H,21,22). The minimum absolute atomic E-state index is 0.151. The summed E-state index contributed by atoms with van der Waals surface area (Å²) in [5.41, 5.74) is 0.999. The zero-order valence-corrected chi connectivity index (χ0v) is 15.8. The molecule has 0 fully saturated rings. The highest BCUT2D eigenvalue weighted by Crippen LogP contribution is 2.38. The van der Waals surface area contributed by atoms with Gasteiger partial charge in [-0.3, -0.25) is 4.79 Å². The van der Waals surface area contributed by atoms with Crippen molar-refractivity contribution in [2.24, 2.45) is 0 Å². The summed E-state index contributed by atoms with van der Waals surface area (Å²) in [7, 11) is 4.59. The van der Waals surface area contributed by atoms with E-state index in [9.17, 15) is 9.18 Å². The fourth-order valence-electron chi connectivity index (χ4n) is 2.34. The molecule has 5 nitrogen and oxygen atoms in total. The van der Waals surface area contributed by atoms with E-state index in [1.165, 1.54) is 33.5 Å². The maximum absolute atomic E-state index is 13.8. The molecule has 1 N–H and O–H groups in total. The summed E-state index contributed by atoms with van der Waals surface area (Å²) < 4.78 is 30.2. The summed E-state index contributed by atoms with van der Waals surface area (Å²) in [5.74, 6) is 0.771. The third-order valence-electron chi connectivity index (χ3n) is 3.57. The van der Waals surface area contributed by atoms with Gasteiger partial charge < -0.3 is 19.5 Å². The van der Waals surface area contributed by atoms with E-state index in [0.29, 0.717) is 28.1 Å². The highest BCUT2D eigenvalue weighted by Gasteiger charge is 2.14. The molecule has 0 heterocycles. The number of methoxy groups -OCH3 is 3. The lowest BCUT2D eigenvalue weighted by Crippen LogP contribution is -2.13. The molecule has 0 spiro atoms. The van der Waals surface area contributed by atoms with Crippen molar-refractivity contribution in [3.8, 4) is 17.2 Å². The molecule has 0 unspecified atom stereocenters. The zero-order valence-electron chi connectivity index (χ0n) is 14.2. The summed E-state index contributed by atoms with van der Waals surface area (Å²) in [6, 6.07) is 8.05. The number of hydrogen-bond acceptors (Lipinski definition) is 4. The molecule has 0 aliphatic rings. The summed E-state index contributed by atoms with van der Waals surface area (Å²) in [6.07, 6.45) is 0.634. The van der Waals surface area contributed by atoms with Crippen molar-refractivity contribution < 1.29 is 23.4 Å². The zero-order chi connectivity index (χ0) is 18.4. The Morgan fingerprint density at radius 2 is 1.72 bits per heavy atom. The first kappa shape index (κ1) is 19.1. The van der Waals surface area contributed by atoms with Crippen LogP contribution in [-0.4, -0.2) is 27.2 Å². The Kier molecular flexibility index (Phi) is 6.64. The van der Waals surface area contributed by atoms with Gasteiger partial charge in [-0.1, -0.05) is 15.9 Å². The van der Waals surface area contributed by atoms with E-state index in [1.807, 2.05) is 0 Å². The first-order chi connectivity index (χ1) is 12.0. The van der Waals surface area contributed by atoms with Crippen molar-refractivity contribution in [2.75, 3.05) is 26.6 Å². The van der Waals surface area contributed by atoms with Crippen LogP contribution in [0.1, 0.15) is 12.0 Å². The second-order valence-corrected chi connectivity index (χ2v) is 6.12. The molecular formula is C18H19BrFNO4. The van der Waals surface area contributed by atoms with Gasteiger partial charge >= 0.3 is 0 Å². The quantitative estimate of drug-likeness (QED) is 0.741. The SMILES string of the molecule is COc1cc(CCC(=O)Nc2ccc(Br)cc2F)cc(OC)c1OC. The number of halogens is 2. The Bertz CT molecular complexity index is 742. The average Bonchev–Trinajstić information content (AvgIpc) is 2.61. The van der Waals surface area contributed by atoms with Crippen molar-refractivity contribution >= 4 is 27.5 Å². The van der Waals surface area contributed by atoms with E-state index in [0.717, 1.165) is 5.56 Å². The number of anilines is 1. The summed E-state index contributed by atoms with van der Waals surface area (Å²) in [5, 5.41) is 2.57. The van der Waals surface area contributed by atoms with Gasteiger partial charge in [0.1, 0.15) is 5.82 Å². The number of benzene rings is 2. The molecule has 0 aromatic heterocycles. The summed E-state index contributed by atoms with van der Waals surface area (Å²) >= 11 is 3.18.